The predicted octanol–water partition coefficient (Wildman–Crippen LogP) is 4.86. The van der Waals surface area contributed by atoms with Crippen LogP contribution in [0.1, 0.15) is 47.2 Å². The number of aromatic nitrogens is 1. The van der Waals surface area contributed by atoms with Crippen molar-refractivity contribution in [2.75, 3.05) is 0 Å². The summed E-state index contributed by atoms with van der Waals surface area (Å²) in [5, 5.41) is 0. The number of amides is 1. The number of pyridine rings is 1. The van der Waals surface area contributed by atoms with E-state index < -0.39 is 23.8 Å². The van der Waals surface area contributed by atoms with E-state index in [4.69, 9.17) is 4.74 Å². The van der Waals surface area contributed by atoms with E-state index in [1.165, 1.54) is 6.20 Å². The number of alkyl halides is 3. The molecule has 0 aliphatic carbocycles. The first-order valence-corrected chi connectivity index (χ1v) is 9.88. The van der Waals surface area contributed by atoms with E-state index in [1.807, 2.05) is 30.3 Å². The maximum atomic E-state index is 12.9. The average molecular weight is 418 g/mol. The highest BCUT2D eigenvalue weighted by Gasteiger charge is 2.46. The summed E-state index contributed by atoms with van der Waals surface area (Å²) in [4.78, 5) is 30.8. The number of ketones is 1. The van der Waals surface area contributed by atoms with E-state index >= 15 is 0 Å². The molecule has 158 valence electrons. The molecule has 2 fully saturated rings. The summed E-state index contributed by atoms with van der Waals surface area (Å²) in [5.41, 5.74) is -0.0760. The van der Waals surface area contributed by atoms with Crippen molar-refractivity contribution >= 4 is 11.9 Å². The molecule has 2 saturated heterocycles. The SMILES string of the molecule is O=C(c1cncc(C(F)(F)F)c1)C1CC2CCC(C1)N2C(=O)OCc1ccccc1. The maximum absolute atomic E-state index is 12.9. The molecular weight excluding hydrogens is 397 g/mol. The van der Waals surface area contributed by atoms with Gasteiger partial charge in [0.05, 0.1) is 5.56 Å². The van der Waals surface area contributed by atoms with E-state index in [9.17, 15) is 22.8 Å². The van der Waals surface area contributed by atoms with E-state index in [0.717, 1.165) is 24.5 Å². The third kappa shape index (κ3) is 4.17. The van der Waals surface area contributed by atoms with Crippen LogP contribution in [-0.4, -0.2) is 33.8 Å². The van der Waals surface area contributed by atoms with Gasteiger partial charge < -0.3 is 9.64 Å². The lowest BCUT2D eigenvalue weighted by molar-refractivity contribution is -0.137. The summed E-state index contributed by atoms with van der Waals surface area (Å²) in [6.45, 7) is 0.174. The molecule has 8 heteroatoms. The zero-order valence-corrected chi connectivity index (χ0v) is 16.1. The quantitative estimate of drug-likeness (QED) is 0.665. The second-order valence-electron chi connectivity index (χ2n) is 7.83. The number of halogens is 3. The number of hydrogen-bond acceptors (Lipinski definition) is 4. The Morgan fingerprint density at radius 2 is 1.73 bits per heavy atom. The smallest absolute Gasteiger partial charge is 0.417 e. The third-order valence-electron chi connectivity index (χ3n) is 5.87. The van der Waals surface area contributed by atoms with Gasteiger partial charge in [-0.05, 0) is 37.3 Å². The van der Waals surface area contributed by atoms with Gasteiger partial charge in [-0.25, -0.2) is 4.79 Å². The number of fused-ring (bicyclic) bond motifs is 2. The van der Waals surface area contributed by atoms with Crippen molar-refractivity contribution in [3.63, 3.8) is 0 Å². The molecule has 2 unspecified atom stereocenters. The molecule has 4 rings (SSSR count). The minimum absolute atomic E-state index is 0.0330. The minimum Gasteiger partial charge on any atom is -0.445 e. The lowest BCUT2D eigenvalue weighted by Gasteiger charge is -2.37. The summed E-state index contributed by atoms with van der Waals surface area (Å²) in [7, 11) is 0. The highest BCUT2D eigenvalue weighted by Crippen LogP contribution is 2.40. The van der Waals surface area contributed by atoms with Crippen LogP contribution in [0, 0.1) is 5.92 Å². The van der Waals surface area contributed by atoms with Gasteiger partial charge in [-0.2, -0.15) is 13.2 Å². The van der Waals surface area contributed by atoms with Crippen LogP contribution in [0.4, 0.5) is 18.0 Å². The van der Waals surface area contributed by atoms with Gasteiger partial charge in [0.25, 0.3) is 0 Å². The molecule has 0 spiro atoms. The van der Waals surface area contributed by atoms with Crippen LogP contribution in [0.15, 0.2) is 48.8 Å². The maximum Gasteiger partial charge on any atom is 0.417 e. The van der Waals surface area contributed by atoms with Gasteiger partial charge in [0, 0.05) is 36.0 Å². The number of ether oxygens (including phenoxy) is 1. The topological polar surface area (TPSA) is 59.5 Å². The van der Waals surface area contributed by atoms with Crippen molar-refractivity contribution in [1.82, 2.24) is 9.88 Å². The lowest BCUT2D eigenvalue weighted by atomic mass is 9.85. The molecule has 0 radical (unpaired) electrons. The molecule has 2 aliphatic rings. The van der Waals surface area contributed by atoms with Gasteiger partial charge in [-0.1, -0.05) is 30.3 Å². The van der Waals surface area contributed by atoms with Crippen LogP contribution in [0.3, 0.4) is 0 Å². The van der Waals surface area contributed by atoms with Crippen LogP contribution in [0.2, 0.25) is 0 Å². The van der Waals surface area contributed by atoms with Gasteiger partial charge in [-0.15, -0.1) is 0 Å². The molecule has 2 atom stereocenters. The molecule has 2 aromatic rings. The number of carbonyl (C=O) groups is 2. The highest BCUT2D eigenvalue weighted by atomic mass is 19.4. The summed E-state index contributed by atoms with van der Waals surface area (Å²) in [6, 6.07) is 9.94. The van der Waals surface area contributed by atoms with Crippen molar-refractivity contribution in [3.05, 3.63) is 65.5 Å². The largest absolute Gasteiger partial charge is 0.445 e. The number of carbonyl (C=O) groups excluding carboxylic acids is 2. The Labute approximate surface area is 171 Å². The molecule has 2 bridgehead atoms. The molecule has 0 N–H and O–H groups in total. The van der Waals surface area contributed by atoms with Crippen molar-refractivity contribution in [2.24, 2.45) is 5.92 Å². The molecule has 30 heavy (non-hydrogen) atoms. The van der Waals surface area contributed by atoms with E-state index in [0.29, 0.717) is 19.0 Å². The minimum atomic E-state index is -4.55. The van der Waals surface area contributed by atoms with E-state index in [-0.39, 0.29) is 30.0 Å². The highest BCUT2D eigenvalue weighted by molar-refractivity contribution is 5.98. The zero-order valence-electron chi connectivity index (χ0n) is 16.1. The molecule has 0 saturated carbocycles. The normalized spacial score (nSPS) is 23.3. The zero-order chi connectivity index (χ0) is 21.3. The van der Waals surface area contributed by atoms with Crippen LogP contribution in [-0.2, 0) is 17.5 Å². The second kappa shape index (κ2) is 8.08. The Balaban J connectivity index is 1.41. The lowest BCUT2D eigenvalue weighted by Crippen LogP contribution is -2.48. The molecular formula is C22H21F3N2O3. The van der Waals surface area contributed by atoms with Crippen molar-refractivity contribution in [1.29, 1.82) is 0 Å². The van der Waals surface area contributed by atoms with Crippen molar-refractivity contribution in [3.8, 4) is 0 Å². The van der Waals surface area contributed by atoms with Crippen LogP contribution in [0.25, 0.3) is 0 Å². The first-order chi connectivity index (χ1) is 14.3. The van der Waals surface area contributed by atoms with Crippen molar-refractivity contribution in [2.45, 2.75) is 50.6 Å². The molecule has 5 nitrogen and oxygen atoms in total. The Hall–Kier alpha value is -2.90. The number of piperidine rings is 1. The average Bonchev–Trinajstić information content (AvgIpc) is 3.01. The monoisotopic (exact) mass is 418 g/mol. The number of benzene rings is 1. The van der Waals surface area contributed by atoms with E-state index in [1.54, 1.807) is 4.90 Å². The van der Waals surface area contributed by atoms with Gasteiger partial charge in [-0.3, -0.25) is 9.78 Å². The Bertz CT molecular complexity index is 919. The second-order valence-corrected chi connectivity index (χ2v) is 7.83. The van der Waals surface area contributed by atoms with Crippen LogP contribution < -0.4 is 0 Å². The molecule has 1 aromatic heterocycles. The van der Waals surface area contributed by atoms with Crippen LogP contribution >= 0.6 is 0 Å². The van der Waals surface area contributed by atoms with Crippen molar-refractivity contribution < 1.29 is 27.5 Å². The van der Waals surface area contributed by atoms with Gasteiger partial charge in [0.15, 0.2) is 5.78 Å². The third-order valence-corrected chi connectivity index (χ3v) is 5.87. The number of Topliss-reactive ketones (excluding diaryl/α,β-unsaturated/α-hetero) is 1. The van der Waals surface area contributed by atoms with Gasteiger partial charge >= 0.3 is 12.3 Å². The fourth-order valence-electron chi connectivity index (χ4n) is 4.45. The Morgan fingerprint density at radius 1 is 1.07 bits per heavy atom. The fourth-order valence-corrected chi connectivity index (χ4v) is 4.45. The van der Waals surface area contributed by atoms with Crippen LogP contribution in [0.5, 0.6) is 0 Å². The molecule has 3 heterocycles. The first kappa shape index (κ1) is 20.4. The number of nitrogens with zero attached hydrogens (tertiary/aromatic N) is 2. The van der Waals surface area contributed by atoms with Gasteiger partial charge in [0.2, 0.25) is 0 Å². The summed E-state index contributed by atoms with van der Waals surface area (Å²) in [6.07, 6.45) is -0.693. The summed E-state index contributed by atoms with van der Waals surface area (Å²) < 4.78 is 44.2. The predicted molar refractivity (Wildman–Crippen MR) is 102 cm³/mol. The number of rotatable bonds is 4. The Kier molecular flexibility index (Phi) is 5.49. The molecule has 1 amide bonds. The molecule has 1 aromatic carbocycles. The summed E-state index contributed by atoms with van der Waals surface area (Å²) in [5.74, 6) is -0.770. The first-order valence-electron chi connectivity index (χ1n) is 9.88. The summed E-state index contributed by atoms with van der Waals surface area (Å²) >= 11 is 0. The fraction of sp³-hybridized carbons (Fsp3) is 0.409. The Morgan fingerprint density at radius 3 is 2.37 bits per heavy atom. The van der Waals surface area contributed by atoms with E-state index in [2.05, 4.69) is 4.98 Å². The van der Waals surface area contributed by atoms with Gasteiger partial charge in [0.1, 0.15) is 6.61 Å². The number of hydrogen-bond donors (Lipinski definition) is 0. The standard InChI is InChI=1S/C22H21F3N2O3/c23-22(24,25)17-8-16(11-26-12-17)20(28)15-9-18-6-7-19(10-15)27(18)21(29)30-13-14-4-2-1-3-5-14/h1-5,8,11-12,15,18-19H,6-7,9-10,13H2. The molecule has 2 aliphatic heterocycles.